The van der Waals surface area contributed by atoms with Gasteiger partial charge in [0, 0.05) is 13.6 Å². The summed E-state index contributed by atoms with van der Waals surface area (Å²) in [6, 6.07) is 3.66. The highest BCUT2D eigenvalue weighted by atomic mass is 32.1. The van der Waals surface area contributed by atoms with E-state index in [1.165, 1.54) is 0 Å². The Labute approximate surface area is 101 Å². The molecule has 1 aromatic heterocycles. The van der Waals surface area contributed by atoms with Crippen molar-refractivity contribution in [2.75, 3.05) is 18.5 Å². The highest BCUT2D eigenvalue weighted by Crippen LogP contribution is 2.14. The van der Waals surface area contributed by atoms with Crippen molar-refractivity contribution in [2.45, 2.75) is 19.4 Å². The van der Waals surface area contributed by atoms with Crippen molar-refractivity contribution in [3.05, 3.63) is 24.0 Å². The first-order valence-corrected chi connectivity index (χ1v) is 5.40. The second kappa shape index (κ2) is 4.76. The lowest BCUT2D eigenvalue weighted by molar-refractivity contribution is 0.0886. The number of nitrogens with two attached hydrogens (primary N) is 1. The molecule has 1 aromatic rings. The maximum atomic E-state index is 9.69. The van der Waals surface area contributed by atoms with Crippen molar-refractivity contribution in [1.82, 2.24) is 4.98 Å². The van der Waals surface area contributed by atoms with Gasteiger partial charge >= 0.3 is 0 Å². The van der Waals surface area contributed by atoms with E-state index in [1.807, 2.05) is 18.0 Å². The Kier molecular flexibility index (Phi) is 3.83. The summed E-state index contributed by atoms with van der Waals surface area (Å²) >= 11 is 4.82. The van der Waals surface area contributed by atoms with Crippen molar-refractivity contribution in [1.29, 1.82) is 0 Å². The number of hydrogen-bond acceptors (Lipinski definition) is 4. The highest BCUT2D eigenvalue weighted by molar-refractivity contribution is 7.80. The predicted octanol–water partition coefficient (Wildman–Crippen LogP) is 0.923. The molecular weight excluding hydrogens is 222 g/mol. The summed E-state index contributed by atoms with van der Waals surface area (Å²) in [5.74, 6) is 0. The molecule has 0 aliphatic carbocycles. The van der Waals surface area contributed by atoms with Crippen LogP contribution in [0.2, 0.25) is 0 Å². The molecule has 0 aromatic carbocycles. The van der Waals surface area contributed by atoms with E-state index in [0.29, 0.717) is 12.2 Å². The van der Waals surface area contributed by atoms with Crippen LogP contribution in [0.15, 0.2) is 18.3 Å². The molecule has 0 fully saturated rings. The maximum Gasteiger partial charge on any atom is 0.122 e. The number of likely N-dealkylation sites (N-methyl/N-ethyl adjacent to an activating group) is 1. The van der Waals surface area contributed by atoms with Crippen LogP contribution in [0, 0.1) is 0 Å². The molecule has 0 atom stereocenters. The fourth-order valence-electron chi connectivity index (χ4n) is 1.43. The third-order valence-corrected chi connectivity index (χ3v) is 2.27. The molecule has 0 unspecified atom stereocenters. The Morgan fingerprint density at radius 3 is 2.56 bits per heavy atom. The molecule has 16 heavy (non-hydrogen) atoms. The van der Waals surface area contributed by atoms with Gasteiger partial charge in [-0.05, 0) is 26.0 Å². The molecule has 0 bridgehead atoms. The van der Waals surface area contributed by atoms with Gasteiger partial charge in [-0.2, -0.15) is 0 Å². The summed E-state index contributed by atoms with van der Waals surface area (Å²) in [7, 11) is 1.90. The molecule has 1 rings (SSSR count). The smallest absolute Gasteiger partial charge is 0.122 e. The summed E-state index contributed by atoms with van der Waals surface area (Å²) in [6.45, 7) is 4.06. The zero-order valence-electron chi connectivity index (χ0n) is 9.77. The highest BCUT2D eigenvalue weighted by Gasteiger charge is 2.16. The third-order valence-electron chi connectivity index (χ3n) is 2.07. The van der Waals surface area contributed by atoms with E-state index in [9.17, 15) is 5.11 Å². The van der Waals surface area contributed by atoms with Crippen LogP contribution in [0.25, 0.3) is 0 Å². The van der Waals surface area contributed by atoms with Crippen molar-refractivity contribution in [3.8, 4) is 0 Å². The van der Waals surface area contributed by atoms with E-state index in [4.69, 9.17) is 18.0 Å². The lowest BCUT2D eigenvalue weighted by Gasteiger charge is -2.27. The number of aromatic nitrogens is 1. The van der Waals surface area contributed by atoms with Gasteiger partial charge in [-0.15, -0.1) is 0 Å². The molecular formula is C11H17N3OS. The van der Waals surface area contributed by atoms with Crippen LogP contribution in [0.3, 0.4) is 0 Å². The van der Waals surface area contributed by atoms with Crippen LogP contribution in [0.5, 0.6) is 0 Å². The zero-order chi connectivity index (χ0) is 12.3. The first kappa shape index (κ1) is 12.9. The third kappa shape index (κ3) is 3.75. The van der Waals surface area contributed by atoms with Crippen LogP contribution < -0.4 is 10.6 Å². The van der Waals surface area contributed by atoms with Gasteiger partial charge in [0.05, 0.1) is 23.2 Å². The summed E-state index contributed by atoms with van der Waals surface area (Å²) in [5.41, 5.74) is 6.24. The summed E-state index contributed by atoms with van der Waals surface area (Å²) in [4.78, 5) is 6.36. The van der Waals surface area contributed by atoms with E-state index < -0.39 is 5.60 Å². The van der Waals surface area contributed by atoms with Crippen LogP contribution in [0.1, 0.15) is 19.5 Å². The second-order valence-electron chi connectivity index (χ2n) is 4.43. The molecule has 4 nitrogen and oxygen atoms in total. The Bertz CT molecular complexity index is 370. The van der Waals surface area contributed by atoms with E-state index in [1.54, 1.807) is 26.1 Å². The first-order chi connectivity index (χ1) is 7.29. The predicted molar refractivity (Wildman–Crippen MR) is 69.7 cm³/mol. The molecule has 3 N–H and O–H groups in total. The number of rotatable bonds is 4. The lowest BCUT2D eigenvalue weighted by Crippen LogP contribution is -2.36. The van der Waals surface area contributed by atoms with Gasteiger partial charge in [-0.25, -0.2) is 0 Å². The maximum absolute atomic E-state index is 9.69. The van der Waals surface area contributed by atoms with E-state index in [-0.39, 0.29) is 4.99 Å². The van der Waals surface area contributed by atoms with Crippen molar-refractivity contribution < 1.29 is 5.11 Å². The van der Waals surface area contributed by atoms with Crippen LogP contribution in [0.4, 0.5) is 5.69 Å². The van der Waals surface area contributed by atoms with Crippen LogP contribution >= 0.6 is 12.2 Å². The van der Waals surface area contributed by atoms with Gasteiger partial charge in [0.1, 0.15) is 4.99 Å². The van der Waals surface area contributed by atoms with Gasteiger partial charge < -0.3 is 15.7 Å². The molecule has 0 aliphatic rings. The number of aliphatic hydroxyl groups is 1. The van der Waals surface area contributed by atoms with Crippen LogP contribution in [-0.2, 0) is 0 Å². The minimum Gasteiger partial charge on any atom is -0.389 e. The monoisotopic (exact) mass is 239 g/mol. The van der Waals surface area contributed by atoms with Crippen molar-refractivity contribution in [3.63, 3.8) is 0 Å². The quantitative estimate of drug-likeness (QED) is 0.765. The van der Waals surface area contributed by atoms with Gasteiger partial charge in [0.2, 0.25) is 0 Å². The fourth-order valence-corrected chi connectivity index (χ4v) is 1.55. The number of thiocarbonyl (C=S) groups is 1. The largest absolute Gasteiger partial charge is 0.389 e. The van der Waals surface area contributed by atoms with E-state index in [2.05, 4.69) is 4.98 Å². The van der Waals surface area contributed by atoms with Gasteiger partial charge in [-0.3, -0.25) is 4.98 Å². The number of hydrogen-bond donors (Lipinski definition) is 2. The Morgan fingerprint density at radius 2 is 2.19 bits per heavy atom. The SMILES string of the molecule is CN(CC(C)(C)O)c1ccc(C(N)=S)nc1. The Balaban J connectivity index is 2.78. The number of anilines is 1. The van der Waals surface area contributed by atoms with Crippen molar-refractivity contribution >= 4 is 22.9 Å². The standard InChI is InChI=1S/C11H17N3OS/c1-11(2,15)7-14(3)8-4-5-9(10(12)16)13-6-8/h4-6,15H,7H2,1-3H3,(H2,12,16). The molecule has 0 radical (unpaired) electrons. The molecule has 1 heterocycles. The van der Waals surface area contributed by atoms with Gasteiger partial charge in [0.15, 0.2) is 0 Å². The Hall–Kier alpha value is -1.20. The molecule has 0 amide bonds. The normalized spacial score (nSPS) is 11.2. The summed E-state index contributed by atoms with van der Waals surface area (Å²) in [6.07, 6.45) is 1.69. The molecule has 0 spiro atoms. The minimum absolute atomic E-state index is 0.289. The summed E-state index contributed by atoms with van der Waals surface area (Å²) in [5, 5.41) is 9.69. The zero-order valence-corrected chi connectivity index (χ0v) is 10.6. The fraction of sp³-hybridized carbons (Fsp3) is 0.455. The average Bonchev–Trinajstić information content (AvgIpc) is 2.15. The van der Waals surface area contributed by atoms with Crippen LogP contribution in [-0.4, -0.2) is 34.3 Å². The van der Waals surface area contributed by atoms with Crippen molar-refractivity contribution in [2.24, 2.45) is 5.73 Å². The van der Waals surface area contributed by atoms with Gasteiger partial charge in [0.25, 0.3) is 0 Å². The molecule has 5 heteroatoms. The van der Waals surface area contributed by atoms with E-state index in [0.717, 1.165) is 5.69 Å². The summed E-state index contributed by atoms with van der Waals surface area (Å²) < 4.78 is 0. The topological polar surface area (TPSA) is 62.4 Å². The van der Waals surface area contributed by atoms with Gasteiger partial charge in [-0.1, -0.05) is 12.2 Å². The molecule has 0 saturated heterocycles. The molecule has 0 saturated carbocycles. The van der Waals surface area contributed by atoms with E-state index >= 15 is 0 Å². The minimum atomic E-state index is -0.739. The first-order valence-electron chi connectivity index (χ1n) is 4.99. The average molecular weight is 239 g/mol. The molecule has 88 valence electrons. The number of pyridine rings is 1. The number of nitrogens with zero attached hydrogens (tertiary/aromatic N) is 2. The molecule has 0 aliphatic heterocycles. The second-order valence-corrected chi connectivity index (χ2v) is 4.87. The lowest BCUT2D eigenvalue weighted by atomic mass is 10.1. The Morgan fingerprint density at radius 1 is 1.56 bits per heavy atom.